The zero-order valence-electron chi connectivity index (χ0n) is 9.68. The molecule has 0 atom stereocenters. The molecule has 0 aliphatic rings. The van der Waals surface area contributed by atoms with Crippen LogP contribution in [0, 0.1) is 0 Å². The van der Waals surface area contributed by atoms with Crippen molar-refractivity contribution in [3.8, 4) is 5.75 Å². The minimum absolute atomic E-state index is 0.0519. The molecule has 0 fully saturated rings. The monoisotopic (exact) mass is 239 g/mol. The van der Waals surface area contributed by atoms with Crippen LogP contribution in [0.2, 0.25) is 0 Å². The summed E-state index contributed by atoms with van der Waals surface area (Å²) < 4.78 is 5.20. The quantitative estimate of drug-likeness (QED) is 0.182. The second-order valence-corrected chi connectivity index (χ2v) is 3.41. The summed E-state index contributed by atoms with van der Waals surface area (Å²) in [5, 5.41) is 23.3. The number of nitrogens with two attached hydrogens (primary N) is 1. The van der Waals surface area contributed by atoms with Crippen molar-refractivity contribution in [2.24, 2.45) is 10.9 Å². The summed E-state index contributed by atoms with van der Waals surface area (Å²) in [6.45, 7) is 1.11. The summed E-state index contributed by atoms with van der Waals surface area (Å²) in [5.41, 5.74) is 7.01. The zero-order valence-corrected chi connectivity index (χ0v) is 9.68. The van der Waals surface area contributed by atoms with Crippen molar-refractivity contribution in [1.82, 2.24) is 5.32 Å². The Bertz CT molecular complexity index is 394. The maximum absolute atomic E-state index is 8.69. The molecule has 17 heavy (non-hydrogen) atoms. The second kappa shape index (κ2) is 6.72. The average molecular weight is 239 g/mol. The molecule has 0 saturated heterocycles. The van der Waals surface area contributed by atoms with Crippen LogP contribution in [0.4, 0.5) is 0 Å². The topological polar surface area (TPSA) is 100 Å². The van der Waals surface area contributed by atoms with Gasteiger partial charge in [-0.25, -0.2) is 0 Å². The van der Waals surface area contributed by atoms with Crippen LogP contribution in [0.15, 0.2) is 23.4 Å². The van der Waals surface area contributed by atoms with Gasteiger partial charge in [0.25, 0.3) is 0 Å². The van der Waals surface area contributed by atoms with Crippen molar-refractivity contribution in [2.75, 3.05) is 20.3 Å². The van der Waals surface area contributed by atoms with Crippen molar-refractivity contribution in [1.29, 1.82) is 0 Å². The first-order chi connectivity index (χ1) is 8.22. The Morgan fingerprint density at radius 1 is 1.53 bits per heavy atom. The SMILES string of the molecule is COc1ccc(/C(N)=N/O)cc1CNCCO. The molecule has 6 nitrogen and oxygen atoms in total. The summed E-state index contributed by atoms with van der Waals surface area (Å²) >= 11 is 0. The Balaban J connectivity index is 2.90. The van der Waals surface area contributed by atoms with Gasteiger partial charge < -0.3 is 26.1 Å². The summed E-state index contributed by atoms with van der Waals surface area (Å²) in [5.74, 6) is 0.765. The first-order valence-corrected chi connectivity index (χ1v) is 5.19. The van der Waals surface area contributed by atoms with Crippen LogP contribution in [0.25, 0.3) is 0 Å². The molecule has 0 aliphatic heterocycles. The third kappa shape index (κ3) is 3.61. The maximum atomic E-state index is 8.69. The third-order valence-electron chi connectivity index (χ3n) is 2.29. The number of oxime groups is 1. The summed E-state index contributed by atoms with van der Waals surface area (Å²) in [7, 11) is 1.58. The van der Waals surface area contributed by atoms with Gasteiger partial charge in [0.2, 0.25) is 0 Å². The Labute approximate surface area is 99.7 Å². The highest BCUT2D eigenvalue weighted by Crippen LogP contribution is 2.19. The van der Waals surface area contributed by atoms with Gasteiger partial charge in [-0.2, -0.15) is 0 Å². The van der Waals surface area contributed by atoms with Gasteiger partial charge >= 0.3 is 0 Å². The van der Waals surface area contributed by atoms with Crippen molar-refractivity contribution < 1.29 is 15.1 Å². The lowest BCUT2D eigenvalue weighted by molar-refractivity contribution is 0.291. The van der Waals surface area contributed by atoms with Crippen molar-refractivity contribution in [3.05, 3.63) is 29.3 Å². The van der Waals surface area contributed by atoms with Gasteiger partial charge in [0.1, 0.15) is 5.75 Å². The highest BCUT2D eigenvalue weighted by molar-refractivity contribution is 5.97. The number of ether oxygens (including phenoxy) is 1. The first-order valence-electron chi connectivity index (χ1n) is 5.19. The van der Waals surface area contributed by atoms with Crippen LogP contribution in [0.1, 0.15) is 11.1 Å². The highest BCUT2D eigenvalue weighted by Gasteiger charge is 2.06. The van der Waals surface area contributed by atoms with Crippen molar-refractivity contribution >= 4 is 5.84 Å². The third-order valence-corrected chi connectivity index (χ3v) is 2.29. The van der Waals surface area contributed by atoms with Crippen LogP contribution in [0.5, 0.6) is 5.75 Å². The van der Waals surface area contributed by atoms with Crippen LogP contribution in [-0.4, -0.2) is 36.4 Å². The van der Waals surface area contributed by atoms with E-state index >= 15 is 0 Å². The molecule has 0 unspecified atom stereocenters. The Morgan fingerprint density at radius 3 is 2.88 bits per heavy atom. The lowest BCUT2D eigenvalue weighted by Gasteiger charge is -2.10. The van der Waals surface area contributed by atoms with E-state index in [9.17, 15) is 0 Å². The van der Waals surface area contributed by atoms with Crippen LogP contribution < -0.4 is 15.8 Å². The smallest absolute Gasteiger partial charge is 0.170 e. The molecule has 0 heterocycles. The first kappa shape index (κ1) is 13.3. The lowest BCUT2D eigenvalue weighted by atomic mass is 10.1. The normalized spacial score (nSPS) is 11.5. The lowest BCUT2D eigenvalue weighted by Crippen LogP contribution is -2.19. The Hall–Kier alpha value is -1.79. The number of amidine groups is 1. The molecular weight excluding hydrogens is 222 g/mol. The summed E-state index contributed by atoms with van der Waals surface area (Å²) in [4.78, 5) is 0. The molecule has 0 spiro atoms. The number of hydrogen-bond acceptors (Lipinski definition) is 5. The predicted molar refractivity (Wildman–Crippen MR) is 64.3 cm³/mol. The predicted octanol–water partition coefficient (Wildman–Crippen LogP) is -0.128. The van der Waals surface area contributed by atoms with Gasteiger partial charge in [-0.1, -0.05) is 5.16 Å². The van der Waals surface area contributed by atoms with E-state index in [0.717, 1.165) is 5.56 Å². The molecule has 0 amide bonds. The largest absolute Gasteiger partial charge is 0.496 e. The van der Waals surface area contributed by atoms with E-state index in [2.05, 4.69) is 10.5 Å². The van der Waals surface area contributed by atoms with Gasteiger partial charge in [-0.15, -0.1) is 0 Å². The number of benzene rings is 1. The molecule has 94 valence electrons. The fraction of sp³-hybridized carbons (Fsp3) is 0.364. The highest BCUT2D eigenvalue weighted by atomic mass is 16.5. The van der Waals surface area contributed by atoms with E-state index in [0.29, 0.717) is 24.4 Å². The van der Waals surface area contributed by atoms with Crippen LogP contribution in [0.3, 0.4) is 0 Å². The Kier molecular flexibility index (Phi) is 5.25. The zero-order chi connectivity index (χ0) is 12.7. The van der Waals surface area contributed by atoms with Crippen molar-refractivity contribution in [2.45, 2.75) is 6.54 Å². The molecule has 0 aliphatic carbocycles. The number of aliphatic hydroxyl groups excluding tert-OH is 1. The van der Waals surface area contributed by atoms with Gasteiger partial charge in [0, 0.05) is 24.2 Å². The molecule has 0 saturated carbocycles. The minimum Gasteiger partial charge on any atom is -0.496 e. The number of nitrogens with one attached hydrogen (secondary N) is 1. The van der Waals surface area contributed by atoms with E-state index in [-0.39, 0.29) is 12.4 Å². The number of nitrogens with zero attached hydrogens (tertiary/aromatic N) is 1. The van der Waals surface area contributed by atoms with Gasteiger partial charge in [-0.3, -0.25) is 0 Å². The van der Waals surface area contributed by atoms with Crippen molar-refractivity contribution in [3.63, 3.8) is 0 Å². The molecule has 1 aromatic rings. The van der Waals surface area contributed by atoms with Crippen LogP contribution in [-0.2, 0) is 6.54 Å². The number of methoxy groups -OCH3 is 1. The van der Waals surface area contributed by atoms with Gasteiger partial charge in [-0.05, 0) is 18.2 Å². The maximum Gasteiger partial charge on any atom is 0.170 e. The summed E-state index contributed by atoms with van der Waals surface area (Å²) in [6, 6.07) is 5.24. The second-order valence-electron chi connectivity index (χ2n) is 3.41. The number of rotatable bonds is 6. The summed E-state index contributed by atoms with van der Waals surface area (Å²) in [6.07, 6.45) is 0. The van der Waals surface area contributed by atoms with Crippen LogP contribution >= 0.6 is 0 Å². The molecular formula is C11H17N3O3. The van der Waals surface area contributed by atoms with Gasteiger partial charge in [0.05, 0.1) is 13.7 Å². The van der Waals surface area contributed by atoms with E-state index < -0.39 is 0 Å². The molecule has 0 aromatic heterocycles. The fourth-order valence-electron chi connectivity index (χ4n) is 1.44. The number of aliphatic hydroxyl groups is 1. The molecule has 0 radical (unpaired) electrons. The molecule has 0 bridgehead atoms. The number of hydrogen-bond donors (Lipinski definition) is 4. The van der Waals surface area contributed by atoms with E-state index in [1.54, 1.807) is 25.3 Å². The minimum atomic E-state index is 0.0519. The fourth-order valence-corrected chi connectivity index (χ4v) is 1.44. The van der Waals surface area contributed by atoms with Gasteiger partial charge in [0.15, 0.2) is 5.84 Å². The van der Waals surface area contributed by atoms with E-state index in [1.165, 1.54) is 0 Å². The molecule has 1 rings (SSSR count). The standard InChI is InChI=1S/C11H17N3O3/c1-17-10-3-2-8(11(12)14-16)6-9(10)7-13-4-5-15/h2-3,6,13,15-16H,4-5,7H2,1H3,(H2,12,14). The Morgan fingerprint density at radius 2 is 2.29 bits per heavy atom. The molecule has 6 heteroatoms. The van der Waals surface area contributed by atoms with E-state index in [4.69, 9.17) is 20.8 Å². The molecule has 5 N–H and O–H groups in total. The molecule has 1 aromatic carbocycles. The average Bonchev–Trinajstić information content (AvgIpc) is 2.38. The van der Waals surface area contributed by atoms with E-state index in [1.807, 2.05) is 0 Å².